The fourth-order valence-corrected chi connectivity index (χ4v) is 4.25. The molecule has 2 aromatic carbocycles. The number of amides is 2. The van der Waals surface area contributed by atoms with Gasteiger partial charge in [0.05, 0.1) is 17.9 Å². The number of nitrogens with two attached hydrogens (primary N) is 1. The van der Waals surface area contributed by atoms with Crippen molar-refractivity contribution in [2.75, 3.05) is 4.90 Å². The molecule has 2 amide bonds. The third-order valence-corrected chi connectivity index (χ3v) is 5.90. The molecule has 1 aromatic heterocycles. The zero-order valence-corrected chi connectivity index (χ0v) is 18.5. The number of para-hydroxylation sites is 1. The lowest BCUT2D eigenvalue weighted by molar-refractivity contribution is -0.123. The maximum Gasteiger partial charge on any atom is 0.227 e. The van der Waals surface area contributed by atoms with E-state index in [1.165, 1.54) is 12.8 Å². The maximum absolute atomic E-state index is 13.2. The second-order valence-corrected chi connectivity index (χ2v) is 8.19. The summed E-state index contributed by atoms with van der Waals surface area (Å²) in [6, 6.07) is 15.9. The van der Waals surface area contributed by atoms with E-state index in [1.54, 1.807) is 4.90 Å². The summed E-state index contributed by atoms with van der Waals surface area (Å²) in [5.74, 6) is -0.604. The highest BCUT2D eigenvalue weighted by molar-refractivity contribution is 6.01. The molecule has 2 heterocycles. The molecule has 7 nitrogen and oxygen atoms in total. The first-order chi connectivity index (χ1) is 15.6. The summed E-state index contributed by atoms with van der Waals surface area (Å²) in [6.45, 7) is 3.37. The van der Waals surface area contributed by atoms with Crippen LogP contribution in [-0.2, 0) is 22.7 Å². The summed E-state index contributed by atoms with van der Waals surface area (Å²) < 4.78 is 1.97. The van der Waals surface area contributed by atoms with E-state index >= 15 is 0 Å². The first-order valence-corrected chi connectivity index (χ1v) is 11.3. The van der Waals surface area contributed by atoms with Gasteiger partial charge in [0, 0.05) is 30.5 Å². The first-order valence-electron chi connectivity index (χ1n) is 11.3. The van der Waals surface area contributed by atoms with Crippen LogP contribution in [0.1, 0.15) is 51.0 Å². The number of aryl methyl sites for hydroxylation is 1. The van der Waals surface area contributed by atoms with Gasteiger partial charge >= 0.3 is 0 Å². The molecule has 1 aliphatic rings. The Bertz CT molecular complexity index is 1120. The van der Waals surface area contributed by atoms with Crippen LogP contribution in [0.3, 0.4) is 0 Å². The van der Waals surface area contributed by atoms with Gasteiger partial charge in [-0.05, 0) is 18.1 Å². The van der Waals surface area contributed by atoms with Gasteiger partial charge in [-0.15, -0.1) is 5.10 Å². The van der Waals surface area contributed by atoms with Gasteiger partial charge in [0.25, 0.3) is 0 Å². The van der Waals surface area contributed by atoms with Gasteiger partial charge in [0.2, 0.25) is 11.8 Å². The molecular weight excluding hydrogens is 402 g/mol. The lowest BCUT2D eigenvalue weighted by Gasteiger charge is -2.28. The second-order valence-electron chi connectivity index (χ2n) is 8.19. The number of aromatic nitrogens is 3. The highest BCUT2D eigenvalue weighted by Gasteiger charge is 2.28. The predicted molar refractivity (Wildman–Crippen MR) is 125 cm³/mol. The number of primary amides is 1. The summed E-state index contributed by atoms with van der Waals surface area (Å²) in [5.41, 5.74) is 10.8. The van der Waals surface area contributed by atoms with Crippen LogP contribution in [0.5, 0.6) is 0 Å². The van der Waals surface area contributed by atoms with E-state index in [2.05, 4.69) is 17.2 Å². The van der Waals surface area contributed by atoms with Gasteiger partial charge in [0.1, 0.15) is 5.69 Å². The summed E-state index contributed by atoms with van der Waals surface area (Å²) in [5, 5.41) is 9.08. The van der Waals surface area contributed by atoms with Crippen LogP contribution in [0.25, 0.3) is 22.5 Å². The summed E-state index contributed by atoms with van der Waals surface area (Å²) in [7, 11) is 0. The highest BCUT2D eigenvalue weighted by Crippen LogP contribution is 2.41. The Labute approximate surface area is 188 Å². The fraction of sp³-hybridized carbons (Fsp3) is 0.360. The smallest absolute Gasteiger partial charge is 0.227 e. The van der Waals surface area contributed by atoms with E-state index in [0.29, 0.717) is 6.54 Å². The normalized spacial score (nSPS) is 12.3. The summed E-state index contributed by atoms with van der Waals surface area (Å²) >= 11 is 0. The number of benzene rings is 2. The van der Waals surface area contributed by atoms with Crippen molar-refractivity contribution < 1.29 is 9.59 Å². The number of hydrogen-bond donors (Lipinski definition) is 1. The van der Waals surface area contributed by atoms with Crippen molar-refractivity contribution in [2.45, 2.75) is 58.5 Å². The van der Waals surface area contributed by atoms with Crippen molar-refractivity contribution in [3.8, 4) is 22.5 Å². The largest absolute Gasteiger partial charge is 0.370 e. The van der Waals surface area contributed by atoms with Crippen LogP contribution in [0.2, 0.25) is 0 Å². The predicted octanol–water partition coefficient (Wildman–Crippen LogP) is 4.30. The van der Waals surface area contributed by atoms with E-state index in [9.17, 15) is 9.59 Å². The minimum Gasteiger partial charge on any atom is -0.370 e. The summed E-state index contributed by atoms with van der Waals surface area (Å²) in [6.07, 6.45) is 4.64. The molecule has 0 radical (unpaired) electrons. The van der Waals surface area contributed by atoms with Crippen molar-refractivity contribution in [2.24, 2.45) is 5.73 Å². The van der Waals surface area contributed by atoms with Gasteiger partial charge < -0.3 is 10.6 Å². The van der Waals surface area contributed by atoms with Crippen LogP contribution < -0.4 is 10.6 Å². The Morgan fingerprint density at radius 3 is 2.50 bits per heavy atom. The van der Waals surface area contributed by atoms with E-state index in [1.807, 2.05) is 53.2 Å². The molecule has 7 heteroatoms. The average molecular weight is 432 g/mol. The standard InChI is InChI=1S/C25H29N5O2/c1-2-3-4-9-16-30-25-20-12-7-8-13-21(20)29(23(32)15-14-22(26)31)17-18-10-5-6-11-19(18)24(25)27-28-30/h5-8,10-13H,2-4,9,14-17H2,1H3,(H2,26,31). The SMILES string of the molecule is CCCCCCn1nnc2c1-c1ccccc1N(C(=O)CCC(N)=O)Cc1ccccc1-2. The molecule has 32 heavy (non-hydrogen) atoms. The number of unbranched alkanes of at least 4 members (excludes halogenated alkanes) is 3. The second kappa shape index (κ2) is 9.77. The van der Waals surface area contributed by atoms with Crippen LogP contribution in [0.15, 0.2) is 48.5 Å². The molecule has 0 fully saturated rings. The molecule has 0 saturated carbocycles. The Morgan fingerprint density at radius 1 is 0.969 bits per heavy atom. The number of nitrogens with zero attached hydrogens (tertiary/aromatic N) is 4. The molecule has 1 aliphatic heterocycles. The van der Waals surface area contributed by atoms with Crippen molar-refractivity contribution in [1.29, 1.82) is 0 Å². The van der Waals surface area contributed by atoms with Crippen LogP contribution in [0.4, 0.5) is 5.69 Å². The Morgan fingerprint density at radius 2 is 1.72 bits per heavy atom. The number of rotatable bonds is 8. The molecule has 0 bridgehead atoms. The minimum atomic E-state index is -0.476. The molecule has 3 aromatic rings. The molecule has 2 N–H and O–H groups in total. The molecular formula is C25H29N5O2. The van der Waals surface area contributed by atoms with Gasteiger partial charge in [-0.25, -0.2) is 4.68 Å². The van der Waals surface area contributed by atoms with Gasteiger partial charge in [-0.3, -0.25) is 9.59 Å². The molecule has 0 spiro atoms. The van der Waals surface area contributed by atoms with Crippen molar-refractivity contribution in [3.05, 3.63) is 54.1 Å². The van der Waals surface area contributed by atoms with Crippen molar-refractivity contribution >= 4 is 17.5 Å². The summed E-state index contributed by atoms with van der Waals surface area (Å²) in [4.78, 5) is 26.3. The lowest BCUT2D eigenvalue weighted by Crippen LogP contribution is -2.32. The van der Waals surface area contributed by atoms with E-state index in [-0.39, 0.29) is 18.7 Å². The Balaban J connectivity index is 1.83. The number of fused-ring (bicyclic) bond motifs is 5. The number of hydrogen-bond acceptors (Lipinski definition) is 4. The number of carbonyl (C=O) groups is 2. The van der Waals surface area contributed by atoms with E-state index in [4.69, 9.17) is 5.73 Å². The topological polar surface area (TPSA) is 94.1 Å². The molecule has 0 aliphatic carbocycles. The molecule has 4 rings (SSSR count). The van der Waals surface area contributed by atoms with Gasteiger partial charge in [-0.2, -0.15) is 0 Å². The molecule has 0 unspecified atom stereocenters. The molecule has 0 atom stereocenters. The maximum atomic E-state index is 13.2. The Hall–Kier alpha value is -3.48. The van der Waals surface area contributed by atoms with E-state index in [0.717, 1.165) is 53.2 Å². The van der Waals surface area contributed by atoms with Gasteiger partial charge in [-0.1, -0.05) is 73.9 Å². The number of carbonyl (C=O) groups excluding carboxylic acids is 2. The zero-order valence-electron chi connectivity index (χ0n) is 18.5. The van der Waals surface area contributed by atoms with Crippen LogP contribution in [-0.4, -0.2) is 26.8 Å². The van der Waals surface area contributed by atoms with Crippen molar-refractivity contribution in [1.82, 2.24) is 15.0 Å². The molecule has 0 saturated heterocycles. The van der Waals surface area contributed by atoms with Crippen LogP contribution >= 0.6 is 0 Å². The van der Waals surface area contributed by atoms with Crippen molar-refractivity contribution in [3.63, 3.8) is 0 Å². The monoisotopic (exact) mass is 431 g/mol. The Kier molecular flexibility index (Phi) is 6.63. The van der Waals surface area contributed by atoms with Crippen LogP contribution in [0, 0.1) is 0 Å². The molecule has 166 valence electrons. The third kappa shape index (κ3) is 4.42. The lowest BCUT2D eigenvalue weighted by atomic mass is 9.95. The van der Waals surface area contributed by atoms with E-state index < -0.39 is 5.91 Å². The third-order valence-electron chi connectivity index (χ3n) is 5.90. The fourth-order valence-electron chi connectivity index (χ4n) is 4.25. The minimum absolute atomic E-state index is 0.0291. The number of anilines is 1. The quantitative estimate of drug-likeness (QED) is 0.538. The van der Waals surface area contributed by atoms with Gasteiger partial charge in [0.15, 0.2) is 0 Å². The first kappa shape index (κ1) is 21.7. The zero-order chi connectivity index (χ0) is 22.5. The average Bonchev–Trinajstić information content (AvgIpc) is 3.21. The highest BCUT2D eigenvalue weighted by atomic mass is 16.2.